The number of likely N-dealkylation sites (N-methyl/N-ethyl adjacent to an activating group) is 1. The van der Waals surface area contributed by atoms with Crippen molar-refractivity contribution < 1.29 is 24.5 Å². The number of aliphatic hydroxyl groups is 2. The van der Waals surface area contributed by atoms with Crippen molar-refractivity contribution in [3.63, 3.8) is 0 Å². The van der Waals surface area contributed by atoms with Crippen LogP contribution in [-0.2, 0) is 15.1 Å². The zero-order chi connectivity index (χ0) is 27.1. The van der Waals surface area contributed by atoms with Crippen molar-refractivity contribution in [2.45, 2.75) is 69.6 Å². The number of nitrogens with zero attached hydrogens (tertiary/aromatic N) is 1. The molecule has 1 aliphatic heterocycles. The van der Waals surface area contributed by atoms with Gasteiger partial charge in [-0.25, -0.2) is 0 Å². The van der Waals surface area contributed by atoms with Crippen LogP contribution in [-0.4, -0.2) is 67.0 Å². The Bertz CT molecular complexity index is 1060. The van der Waals surface area contributed by atoms with Crippen LogP contribution < -0.4 is 10.1 Å². The molecule has 2 fully saturated rings. The number of aryl methyl sites for hydroxylation is 1. The van der Waals surface area contributed by atoms with Gasteiger partial charge in [0.05, 0.1) is 11.7 Å². The van der Waals surface area contributed by atoms with Crippen molar-refractivity contribution in [3.8, 4) is 11.5 Å². The van der Waals surface area contributed by atoms with E-state index in [-0.39, 0.29) is 23.8 Å². The molecule has 1 aliphatic carbocycles. The van der Waals surface area contributed by atoms with Crippen molar-refractivity contribution in [2.75, 3.05) is 33.9 Å². The molecule has 7 nitrogen and oxygen atoms in total. The number of para-hydroxylation sites is 2. The molecule has 1 saturated heterocycles. The molecule has 3 N–H and O–H groups in total. The van der Waals surface area contributed by atoms with Gasteiger partial charge in [0.15, 0.2) is 0 Å². The summed E-state index contributed by atoms with van der Waals surface area (Å²) in [5, 5.41) is 26.0. The Morgan fingerprint density at radius 3 is 2.55 bits per heavy atom. The highest BCUT2D eigenvalue weighted by Gasteiger charge is 2.45. The van der Waals surface area contributed by atoms with Crippen LogP contribution >= 0.6 is 0 Å². The molecule has 0 bridgehead atoms. The molecule has 0 spiro atoms. The van der Waals surface area contributed by atoms with Crippen LogP contribution in [0, 0.1) is 18.8 Å². The maximum atomic E-state index is 13.5. The summed E-state index contributed by atoms with van der Waals surface area (Å²) in [6.07, 6.45) is 4.50. The zero-order valence-electron chi connectivity index (χ0n) is 23.1. The molecule has 0 aromatic heterocycles. The predicted molar refractivity (Wildman–Crippen MR) is 148 cm³/mol. The van der Waals surface area contributed by atoms with Gasteiger partial charge in [0.1, 0.15) is 11.5 Å². The van der Waals surface area contributed by atoms with Crippen molar-refractivity contribution in [1.29, 1.82) is 0 Å². The highest BCUT2D eigenvalue weighted by molar-refractivity contribution is 5.79. The van der Waals surface area contributed by atoms with Crippen LogP contribution in [0.5, 0.6) is 11.5 Å². The zero-order valence-corrected chi connectivity index (χ0v) is 23.1. The van der Waals surface area contributed by atoms with Crippen LogP contribution in [0.15, 0.2) is 48.5 Å². The summed E-state index contributed by atoms with van der Waals surface area (Å²) in [6, 6.07) is 15.6. The first kappa shape index (κ1) is 28.6. The van der Waals surface area contributed by atoms with E-state index in [0.29, 0.717) is 44.7 Å². The number of benzene rings is 2. The molecule has 4 rings (SSSR count). The highest BCUT2D eigenvalue weighted by atomic mass is 16.5. The van der Waals surface area contributed by atoms with E-state index in [0.717, 1.165) is 42.6 Å². The van der Waals surface area contributed by atoms with E-state index in [1.807, 2.05) is 67.4 Å². The number of likely N-dealkylation sites (tertiary alicyclic amines) is 1. The van der Waals surface area contributed by atoms with Gasteiger partial charge in [0, 0.05) is 50.2 Å². The first-order valence-corrected chi connectivity index (χ1v) is 14.1. The van der Waals surface area contributed by atoms with E-state index in [1.54, 1.807) is 7.11 Å². The number of hydrogen-bond acceptors (Lipinski definition) is 6. The standard InChI is InChI=1S/C31H44N2O5/c1-22-11-4-6-14-28(22)38-29-15-7-5-13-25(29)31(36,16-8-9-18-37-3)24-12-10-17-33(21-24)30(35)23-19-26(32-2)27(34)20-23/h4-7,11,13-15,23-24,26-27,32,34,36H,8-10,12,16-21H2,1-3H3/t23-,24?,26+,27+,31-/m0/s1. The molecular weight excluding hydrogens is 480 g/mol. The minimum Gasteiger partial charge on any atom is -0.457 e. The first-order valence-electron chi connectivity index (χ1n) is 14.1. The molecule has 1 saturated carbocycles. The van der Waals surface area contributed by atoms with Crippen LogP contribution in [0.25, 0.3) is 0 Å². The van der Waals surface area contributed by atoms with E-state index < -0.39 is 11.7 Å². The second-order valence-electron chi connectivity index (χ2n) is 11.0. The molecule has 7 heteroatoms. The molecule has 0 radical (unpaired) electrons. The Kier molecular flexibility index (Phi) is 9.82. The van der Waals surface area contributed by atoms with Gasteiger partial charge in [0.2, 0.25) is 5.91 Å². The fraction of sp³-hybridized carbons (Fsp3) is 0.581. The Morgan fingerprint density at radius 2 is 1.84 bits per heavy atom. The molecule has 5 atom stereocenters. The minimum absolute atomic E-state index is 0.0484. The summed E-state index contributed by atoms with van der Waals surface area (Å²) in [5.74, 6) is 1.19. The van der Waals surface area contributed by atoms with Gasteiger partial charge >= 0.3 is 0 Å². The Hall–Kier alpha value is -2.45. The topological polar surface area (TPSA) is 91.3 Å². The maximum absolute atomic E-state index is 13.5. The summed E-state index contributed by atoms with van der Waals surface area (Å²) < 4.78 is 11.7. The molecule has 208 valence electrons. The number of unbranched alkanes of at least 4 members (excludes halogenated alkanes) is 1. The third-order valence-electron chi connectivity index (χ3n) is 8.48. The van der Waals surface area contributed by atoms with Gasteiger partial charge < -0.3 is 29.9 Å². The quantitative estimate of drug-likeness (QED) is 0.378. The molecule has 1 amide bonds. The smallest absolute Gasteiger partial charge is 0.225 e. The summed E-state index contributed by atoms with van der Waals surface area (Å²) in [7, 11) is 3.53. The SMILES string of the molecule is CN[C@@H]1C[C@H](C(=O)N2CCCC([C@@](O)(CCCCOC)c3ccccc3Oc3ccccc3C)C2)C[C@H]1O. The fourth-order valence-corrected chi connectivity index (χ4v) is 6.26. The monoisotopic (exact) mass is 524 g/mol. The van der Waals surface area contributed by atoms with Crippen molar-refractivity contribution in [1.82, 2.24) is 10.2 Å². The number of nitrogens with one attached hydrogen (secondary N) is 1. The van der Waals surface area contributed by atoms with E-state index in [4.69, 9.17) is 9.47 Å². The summed E-state index contributed by atoms with van der Waals surface area (Å²) in [4.78, 5) is 15.5. The summed E-state index contributed by atoms with van der Waals surface area (Å²) in [5.41, 5.74) is 0.639. The summed E-state index contributed by atoms with van der Waals surface area (Å²) >= 11 is 0. The normalized spacial score (nSPS) is 25.2. The van der Waals surface area contributed by atoms with E-state index in [9.17, 15) is 15.0 Å². The van der Waals surface area contributed by atoms with Crippen LogP contribution in [0.1, 0.15) is 56.1 Å². The maximum Gasteiger partial charge on any atom is 0.225 e. The van der Waals surface area contributed by atoms with Gasteiger partial charge in [-0.2, -0.15) is 0 Å². The van der Waals surface area contributed by atoms with Crippen molar-refractivity contribution >= 4 is 5.91 Å². The van der Waals surface area contributed by atoms with Gasteiger partial charge in [-0.15, -0.1) is 0 Å². The largest absolute Gasteiger partial charge is 0.457 e. The average Bonchev–Trinajstić information content (AvgIpc) is 3.32. The second kappa shape index (κ2) is 13.1. The van der Waals surface area contributed by atoms with Gasteiger partial charge in [-0.3, -0.25) is 4.79 Å². The molecular formula is C31H44N2O5. The van der Waals surface area contributed by atoms with E-state index in [1.165, 1.54) is 0 Å². The Labute approximate surface area is 227 Å². The number of ether oxygens (including phenoxy) is 2. The van der Waals surface area contributed by atoms with E-state index in [2.05, 4.69) is 5.32 Å². The number of carbonyl (C=O) groups excluding carboxylic acids is 1. The molecule has 2 aromatic carbocycles. The van der Waals surface area contributed by atoms with E-state index >= 15 is 0 Å². The number of hydrogen-bond donors (Lipinski definition) is 3. The van der Waals surface area contributed by atoms with Crippen molar-refractivity contribution in [2.24, 2.45) is 11.8 Å². The number of carbonyl (C=O) groups is 1. The van der Waals surface area contributed by atoms with Crippen LogP contribution in [0.2, 0.25) is 0 Å². The van der Waals surface area contributed by atoms with Crippen LogP contribution in [0.4, 0.5) is 0 Å². The third kappa shape index (κ3) is 6.40. The third-order valence-corrected chi connectivity index (χ3v) is 8.48. The predicted octanol–water partition coefficient (Wildman–Crippen LogP) is 4.39. The number of piperidine rings is 1. The van der Waals surface area contributed by atoms with Gasteiger partial charge in [-0.1, -0.05) is 36.4 Å². The lowest BCUT2D eigenvalue weighted by Crippen LogP contribution is -2.49. The van der Waals surface area contributed by atoms with Crippen LogP contribution in [0.3, 0.4) is 0 Å². The first-order chi connectivity index (χ1) is 18.4. The highest BCUT2D eigenvalue weighted by Crippen LogP contribution is 2.45. The average molecular weight is 525 g/mol. The molecule has 1 heterocycles. The lowest BCUT2D eigenvalue weighted by Gasteiger charge is -2.44. The number of aliphatic hydroxyl groups excluding tert-OH is 1. The molecule has 1 unspecified atom stereocenters. The lowest BCUT2D eigenvalue weighted by atomic mass is 9.73. The molecule has 38 heavy (non-hydrogen) atoms. The number of methoxy groups -OCH3 is 1. The van der Waals surface area contributed by atoms with Gasteiger partial charge in [0.25, 0.3) is 0 Å². The lowest BCUT2D eigenvalue weighted by molar-refractivity contribution is -0.141. The van der Waals surface area contributed by atoms with Gasteiger partial charge in [-0.05, 0) is 76.6 Å². The molecule has 2 aliphatic rings. The van der Waals surface area contributed by atoms with Crippen molar-refractivity contribution in [3.05, 3.63) is 59.7 Å². The Morgan fingerprint density at radius 1 is 1.11 bits per heavy atom. The second-order valence-corrected chi connectivity index (χ2v) is 11.0. The number of rotatable bonds is 11. The number of amides is 1. The fourth-order valence-electron chi connectivity index (χ4n) is 6.26. The summed E-state index contributed by atoms with van der Waals surface area (Å²) in [6.45, 7) is 3.84. The Balaban J connectivity index is 1.60. The molecule has 2 aromatic rings. The minimum atomic E-state index is -1.16.